The summed E-state index contributed by atoms with van der Waals surface area (Å²) in [5.74, 6) is 1.17. The molecular formula is C30H52N4O6. The van der Waals surface area contributed by atoms with E-state index in [1.165, 1.54) is 25.7 Å². The zero-order valence-corrected chi connectivity index (χ0v) is 24.6. The number of amides is 4. The highest BCUT2D eigenvalue weighted by molar-refractivity contribution is 5.79. The molecule has 0 saturated carbocycles. The van der Waals surface area contributed by atoms with Crippen LogP contribution in [-0.4, -0.2) is 122 Å². The summed E-state index contributed by atoms with van der Waals surface area (Å²) in [7, 11) is 0. The number of hydrogen-bond acceptors (Lipinski definition) is 6. The molecule has 0 N–H and O–H groups in total. The number of nitrogens with zero attached hydrogens (tertiary/aromatic N) is 4. The number of unbranched alkanes of at least 4 members (excludes halogenated alkanes) is 5. The predicted molar refractivity (Wildman–Crippen MR) is 153 cm³/mol. The van der Waals surface area contributed by atoms with E-state index in [9.17, 15) is 19.2 Å². The van der Waals surface area contributed by atoms with E-state index < -0.39 is 0 Å². The molecule has 4 saturated heterocycles. The zero-order chi connectivity index (χ0) is 28.4. The van der Waals surface area contributed by atoms with Crippen molar-refractivity contribution in [2.75, 3.05) is 78.8 Å². The summed E-state index contributed by atoms with van der Waals surface area (Å²) >= 11 is 0. The fraction of sp³-hybridized carbons (Fsp3) is 0.867. The van der Waals surface area contributed by atoms with Crippen LogP contribution < -0.4 is 0 Å². The largest absolute Gasteiger partial charge is 0.377 e. The Labute approximate surface area is 240 Å². The second kappa shape index (κ2) is 19.0. The lowest BCUT2D eigenvalue weighted by Crippen LogP contribution is -2.29. The van der Waals surface area contributed by atoms with Crippen LogP contribution >= 0.6 is 0 Å². The molecule has 10 heteroatoms. The second-order valence-corrected chi connectivity index (χ2v) is 11.3. The van der Waals surface area contributed by atoms with Crippen LogP contribution in [-0.2, 0) is 28.7 Å². The van der Waals surface area contributed by atoms with Crippen molar-refractivity contribution in [3.05, 3.63) is 0 Å². The molecule has 4 fully saturated rings. The number of carbonyl (C=O) groups is 4. The lowest BCUT2D eigenvalue weighted by atomic mass is 10.1. The SMILES string of the molecule is O=C1CCCN1CCCCCCCCN1CCCC1=O.O=C1CCCN1CCOCCOCCN1CCCC1=O. The number of ether oxygens (including phenoxy) is 2. The molecule has 0 aliphatic carbocycles. The van der Waals surface area contributed by atoms with Crippen LogP contribution in [0.15, 0.2) is 0 Å². The number of hydrogen-bond donors (Lipinski definition) is 0. The van der Waals surface area contributed by atoms with E-state index in [-0.39, 0.29) is 11.8 Å². The normalized spacial score (nSPS) is 19.4. The van der Waals surface area contributed by atoms with Crippen LogP contribution in [0.4, 0.5) is 0 Å². The van der Waals surface area contributed by atoms with E-state index in [0.717, 1.165) is 90.6 Å². The minimum atomic E-state index is 0.236. The zero-order valence-electron chi connectivity index (χ0n) is 24.6. The van der Waals surface area contributed by atoms with Crippen molar-refractivity contribution in [2.45, 2.75) is 89.9 Å². The molecule has 4 aliphatic rings. The molecule has 0 radical (unpaired) electrons. The number of likely N-dealkylation sites (tertiary alicyclic amines) is 4. The molecule has 0 bridgehead atoms. The van der Waals surface area contributed by atoms with E-state index in [1.54, 1.807) is 0 Å². The highest BCUT2D eigenvalue weighted by Gasteiger charge is 2.21. The van der Waals surface area contributed by atoms with Gasteiger partial charge in [0.25, 0.3) is 0 Å². The maximum absolute atomic E-state index is 11.4. The maximum atomic E-state index is 11.4. The molecule has 228 valence electrons. The Hall–Kier alpha value is -2.20. The average Bonchev–Trinajstić information content (AvgIpc) is 3.74. The van der Waals surface area contributed by atoms with Gasteiger partial charge in [0.2, 0.25) is 23.6 Å². The monoisotopic (exact) mass is 564 g/mol. The predicted octanol–water partition coefficient (Wildman–Crippen LogP) is 2.84. The fourth-order valence-electron chi connectivity index (χ4n) is 5.75. The number of rotatable bonds is 18. The van der Waals surface area contributed by atoms with E-state index in [2.05, 4.69) is 0 Å². The molecule has 40 heavy (non-hydrogen) atoms. The van der Waals surface area contributed by atoms with Gasteiger partial charge in [-0.25, -0.2) is 0 Å². The molecule has 10 nitrogen and oxygen atoms in total. The third kappa shape index (κ3) is 12.1. The summed E-state index contributed by atoms with van der Waals surface area (Å²) < 4.78 is 10.9. The Morgan fingerprint density at radius 2 is 0.700 bits per heavy atom. The van der Waals surface area contributed by atoms with Gasteiger partial charge in [-0.2, -0.15) is 0 Å². The van der Waals surface area contributed by atoms with Crippen LogP contribution in [0.5, 0.6) is 0 Å². The van der Waals surface area contributed by atoms with Crippen molar-refractivity contribution in [3.63, 3.8) is 0 Å². The highest BCUT2D eigenvalue weighted by atomic mass is 16.5. The molecule has 0 atom stereocenters. The molecule has 0 aromatic heterocycles. The summed E-state index contributed by atoms with van der Waals surface area (Å²) in [5.41, 5.74) is 0. The first-order chi connectivity index (χ1) is 19.5. The minimum Gasteiger partial charge on any atom is -0.377 e. The molecule has 0 unspecified atom stereocenters. The van der Waals surface area contributed by atoms with Gasteiger partial charge < -0.3 is 29.1 Å². The van der Waals surface area contributed by atoms with Gasteiger partial charge in [-0.05, 0) is 38.5 Å². The smallest absolute Gasteiger partial charge is 0.222 e. The topological polar surface area (TPSA) is 99.7 Å². The van der Waals surface area contributed by atoms with Crippen molar-refractivity contribution in [2.24, 2.45) is 0 Å². The lowest BCUT2D eigenvalue weighted by Gasteiger charge is -2.16. The van der Waals surface area contributed by atoms with Crippen molar-refractivity contribution in [1.82, 2.24) is 19.6 Å². The Bertz CT molecular complexity index is 666. The van der Waals surface area contributed by atoms with Crippen LogP contribution in [0.1, 0.15) is 89.9 Å². The first-order valence-electron chi connectivity index (χ1n) is 15.8. The molecule has 0 aromatic carbocycles. The summed E-state index contributed by atoms with van der Waals surface area (Å²) in [6.07, 6.45) is 14.2. The maximum Gasteiger partial charge on any atom is 0.222 e. The summed E-state index contributed by atoms with van der Waals surface area (Å²) in [5, 5.41) is 0. The van der Waals surface area contributed by atoms with E-state index >= 15 is 0 Å². The van der Waals surface area contributed by atoms with Crippen LogP contribution in [0.3, 0.4) is 0 Å². The van der Waals surface area contributed by atoms with Crippen LogP contribution in [0.25, 0.3) is 0 Å². The third-order valence-electron chi connectivity index (χ3n) is 8.17. The summed E-state index contributed by atoms with van der Waals surface area (Å²) in [6, 6.07) is 0. The van der Waals surface area contributed by atoms with Gasteiger partial charge in [0.05, 0.1) is 26.4 Å². The molecule has 4 aliphatic heterocycles. The van der Waals surface area contributed by atoms with Gasteiger partial charge in [-0.15, -0.1) is 0 Å². The van der Waals surface area contributed by atoms with Gasteiger partial charge in [-0.3, -0.25) is 19.2 Å². The van der Waals surface area contributed by atoms with Gasteiger partial charge >= 0.3 is 0 Å². The molecule has 0 aromatic rings. The van der Waals surface area contributed by atoms with E-state index in [0.29, 0.717) is 64.2 Å². The van der Waals surface area contributed by atoms with Crippen molar-refractivity contribution >= 4 is 23.6 Å². The van der Waals surface area contributed by atoms with Gasteiger partial charge in [0.1, 0.15) is 0 Å². The molecular weight excluding hydrogens is 512 g/mol. The standard InChI is InChI=1S/C16H28N2O2.C14H24N2O4/c19-15-9-7-13-17(15)11-5-3-1-2-4-6-12-18-14-8-10-16(18)20;17-13-3-1-5-15(13)7-9-19-11-12-20-10-8-16-6-2-4-14(16)18/h1-14H2;1-12H2. The molecule has 4 heterocycles. The molecule has 0 spiro atoms. The van der Waals surface area contributed by atoms with Gasteiger partial charge in [0.15, 0.2) is 0 Å². The molecule has 4 amide bonds. The number of carbonyl (C=O) groups excluding carboxylic acids is 4. The van der Waals surface area contributed by atoms with Crippen LogP contribution in [0.2, 0.25) is 0 Å². The first kappa shape index (κ1) is 32.3. The quantitative estimate of drug-likeness (QED) is 0.238. The van der Waals surface area contributed by atoms with E-state index in [1.807, 2.05) is 19.6 Å². The van der Waals surface area contributed by atoms with Crippen LogP contribution in [0, 0.1) is 0 Å². The van der Waals surface area contributed by atoms with Gasteiger partial charge in [0, 0.05) is 78.0 Å². The first-order valence-corrected chi connectivity index (χ1v) is 15.8. The highest BCUT2D eigenvalue weighted by Crippen LogP contribution is 2.14. The minimum absolute atomic E-state index is 0.236. The van der Waals surface area contributed by atoms with E-state index in [4.69, 9.17) is 9.47 Å². The molecule has 4 rings (SSSR count). The second-order valence-electron chi connectivity index (χ2n) is 11.3. The lowest BCUT2D eigenvalue weighted by molar-refractivity contribution is -0.129. The fourth-order valence-corrected chi connectivity index (χ4v) is 5.75. The average molecular weight is 565 g/mol. The Morgan fingerprint density at radius 1 is 0.400 bits per heavy atom. The van der Waals surface area contributed by atoms with Crippen molar-refractivity contribution in [1.29, 1.82) is 0 Å². The Morgan fingerprint density at radius 3 is 1.00 bits per heavy atom. The third-order valence-corrected chi connectivity index (χ3v) is 8.17. The van der Waals surface area contributed by atoms with Gasteiger partial charge in [-0.1, -0.05) is 25.7 Å². The Kier molecular flexibility index (Phi) is 15.4. The van der Waals surface area contributed by atoms with Crippen molar-refractivity contribution < 1.29 is 28.7 Å². The summed E-state index contributed by atoms with van der Waals surface area (Å²) in [4.78, 5) is 53.3. The van der Waals surface area contributed by atoms with Crippen molar-refractivity contribution in [3.8, 4) is 0 Å². The summed E-state index contributed by atoms with van der Waals surface area (Å²) in [6.45, 7) is 9.17. The Balaban J connectivity index is 0.000000220.